The number of carboxylic acids is 1. The van der Waals surface area contributed by atoms with Crippen LogP contribution in [0.3, 0.4) is 0 Å². The maximum atomic E-state index is 12.8. The quantitative estimate of drug-likeness (QED) is 0.882. The van der Waals surface area contributed by atoms with Gasteiger partial charge in [0.2, 0.25) is 5.91 Å². The first-order valence-corrected chi connectivity index (χ1v) is 6.51. The van der Waals surface area contributed by atoms with E-state index in [0.717, 1.165) is 0 Å². The van der Waals surface area contributed by atoms with Crippen molar-refractivity contribution in [1.29, 1.82) is 0 Å². The molecule has 2 bridgehead atoms. The van der Waals surface area contributed by atoms with E-state index in [9.17, 15) is 19.1 Å². The standard InChI is InChI=1S/C14H14FNO4/c15-7-1-3-8(4-2-7)16-13(17)11-9-5-6-10(20-9)12(11)14(18)19/h1-4,9-12H,5-6H2,(H,16,17)(H,18,19)/t9-,10+,11+,12-/m0/s1. The molecule has 2 heterocycles. The van der Waals surface area contributed by atoms with E-state index in [2.05, 4.69) is 5.32 Å². The van der Waals surface area contributed by atoms with Gasteiger partial charge in [0.05, 0.1) is 24.0 Å². The molecule has 6 heteroatoms. The molecular formula is C14H14FNO4. The van der Waals surface area contributed by atoms with Crippen molar-refractivity contribution in [3.05, 3.63) is 30.1 Å². The fourth-order valence-electron chi connectivity index (χ4n) is 3.08. The number of fused-ring (bicyclic) bond motifs is 2. The van der Waals surface area contributed by atoms with Crippen molar-refractivity contribution < 1.29 is 23.8 Å². The second-order valence-corrected chi connectivity index (χ2v) is 5.18. The first kappa shape index (κ1) is 13.1. The summed E-state index contributed by atoms with van der Waals surface area (Å²) < 4.78 is 18.3. The maximum Gasteiger partial charge on any atom is 0.310 e. The first-order valence-electron chi connectivity index (χ1n) is 6.51. The number of amides is 1. The van der Waals surface area contributed by atoms with Gasteiger partial charge in [-0.2, -0.15) is 0 Å². The smallest absolute Gasteiger partial charge is 0.310 e. The van der Waals surface area contributed by atoms with Crippen LogP contribution in [0.4, 0.5) is 10.1 Å². The van der Waals surface area contributed by atoms with Crippen LogP contribution < -0.4 is 5.32 Å². The van der Waals surface area contributed by atoms with E-state index in [1.807, 2.05) is 0 Å². The minimum atomic E-state index is -1.00. The molecule has 1 aromatic carbocycles. The third-order valence-electron chi connectivity index (χ3n) is 3.97. The Hall–Kier alpha value is -1.95. The summed E-state index contributed by atoms with van der Waals surface area (Å²) in [5.41, 5.74) is 0.448. The number of halogens is 1. The van der Waals surface area contributed by atoms with Crippen LogP contribution in [-0.4, -0.2) is 29.2 Å². The maximum absolute atomic E-state index is 12.8. The fourth-order valence-corrected chi connectivity index (χ4v) is 3.08. The summed E-state index contributed by atoms with van der Waals surface area (Å²) in [6, 6.07) is 5.36. The SMILES string of the molecule is O=C(O)[C@@H]1[C@H](C(=O)Nc2ccc(F)cc2)[C@@H]2CC[C@H]1O2. The van der Waals surface area contributed by atoms with Crippen molar-refractivity contribution in [1.82, 2.24) is 0 Å². The van der Waals surface area contributed by atoms with Crippen LogP contribution in [0.15, 0.2) is 24.3 Å². The monoisotopic (exact) mass is 279 g/mol. The van der Waals surface area contributed by atoms with Gasteiger partial charge in [0, 0.05) is 5.69 Å². The van der Waals surface area contributed by atoms with E-state index in [0.29, 0.717) is 18.5 Å². The van der Waals surface area contributed by atoms with Crippen LogP contribution in [0.2, 0.25) is 0 Å². The molecule has 20 heavy (non-hydrogen) atoms. The van der Waals surface area contributed by atoms with Crippen molar-refractivity contribution in [3.8, 4) is 0 Å². The Kier molecular flexibility index (Phi) is 3.17. The van der Waals surface area contributed by atoms with Gasteiger partial charge in [0.1, 0.15) is 5.82 Å². The number of nitrogens with one attached hydrogen (secondary N) is 1. The molecule has 2 saturated heterocycles. The Labute approximate surface area is 114 Å². The Balaban J connectivity index is 1.76. The van der Waals surface area contributed by atoms with Gasteiger partial charge in [0.25, 0.3) is 0 Å². The van der Waals surface area contributed by atoms with E-state index in [4.69, 9.17) is 4.74 Å². The molecule has 1 amide bonds. The van der Waals surface area contributed by atoms with E-state index in [-0.39, 0.29) is 18.1 Å². The topological polar surface area (TPSA) is 75.6 Å². The summed E-state index contributed by atoms with van der Waals surface area (Å²) in [6.45, 7) is 0. The number of carbonyl (C=O) groups is 2. The highest BCUT2D eigenvalue weighted by Gasteiger charge is 2.55. The van der Waals surface area contributed by atoms with Gasteiger partial charge in [-0.25, -0.2) is 4.39 Å². The van der Waals surface area contributed by atoms with Crippen LogP contribution >= 0.6 is 0 Å². The second-order valence-electron chi connectivity index (χ2n) is 5.18. The molecule has 3 rings (SSSR count). The number of rotatable bonds is 3. The fraction of sp³-hybridized carbons (Fsp3) is 0.429. The molecule has 0 radical (unpaired) electrons. The highest BCUT2D eigenvalue weighted by atomic mass is 19.1. The van der Waals surface area contributed by atoms with Gasteiger partial charge in [-0.3, -0.25) is 9.59 Å². The van der Waals surface area contributed by atoms with Gasteiger partial charge < -0.3 is 15.2 Å². The number of benzene rings is 1. The lowest BCUT2D eigenvalue weighted by Crippen LogP contribution is -2.40. The van der Waals surface area contributed by atoms with Crippen LogP contribution in [0.5, 0.6) is 0 Å². The Morgan fingerprint density at radius 3 is 2.35 bits per heavy atom. The van der Waals surface area contributed by atoms with Crippen molar-refractivity contribution in [2.45, 2.75) is 25.0 Å². The zero-order chi connectivity index (χ0) is 14.3. The molecule has 106 valence electrons. The predicted molar refractivity (Wildman–Crippen MR) is 67.5 cm³/mol. The number of aliphatic carboxylic acids is 1. The van der Waals surface area contributed by atoms with E-state index in [1.54, 1.807) is 0 Å². The number of anilines is 1. The third-order valence-corrected chi connectivity index (χ3v) is 3.97. The summed E-state index contributed by atoms with van der Waals surface area (Å²) >= 11 is 0. The number of ether oxygens (including phenoxy) is 1. The highest BCUT2D eigenvalue weighted by molar-refractivity contribution is 5.96. The third kappa shape index (κ3) is 2.16. The minimum absolute atomic E-state index is 0.332. The van der Waals surface area contributed by atoms with E-state index in [1.165, 1.54) is 24.3 Å². The normalized spacial score (nSPS) is 31.2. The molecule has 2 aliphatic rings. The molecule has 2 fully saturated rings. The summed E-state index contributed by atoms with van der Waals surface area (Å²) in [4.78, 5) is 23.5. The first-order chi connectivity index (χ1) is 9.56. The van der Waals surface area contributed by atoms with Crippen LogP contribution in [0.25, 0.3) is 0 Å². The summed E-state index contributed by atoms with van der Waals surface area (Å²) in [5.74, 6) is -3.26. The molecule has 2 aliphatic heterocycles. The van der Waals surface area contributed by atoms with Crippen LogP contribution in [0, 0.1) is 17.7 Å². The van der Waals surface area contributed by atoms with Crippen molar-refractivity contribution in [2.24, 2.45) is 11.8 Å². The Bertz CT molecular complexity index is 545. The number of hydrogen-bond donors (Lipinski definition) is 2. The van der Waals surface area contributed by atoms with Crippen LogP contribution in [-0.2, 0) is 14.3 Å². The summed E-state index contributed by atoms with van der Waals surface area (Å²) in [5, 5.41) is 11.9. The summed E-state index contributed by atoms with van der Waals surface area (Å²) in [6.07, 6.45) is 0.681. The molecule has 0 aliphatic carbocycles. The Morgan fingerprint density at radius 1 is 1.15 bits per heavy atom. The van der Waals surface area contributed by atoms with Gasteiger partial charge in [-0.05, 0) is 37.1 Å². The molecule has 2 N–H and O–H groups in total. The molecule has 0 unspecified atom stereocenters. The van der Waals surface area contributed by atoms with Crippen molar-refractivity contribution >= 4 is 17.6 Å². The molecule has 0 saturated carbocycles. The molecule has 0 aromatic heterocycles. The number of carbonyl (C=O) groups excluding carboxylic acids is 1. The molecule has 1 aromatic rings. The zero-order valence-corrected chi connectivity index (χ0v) is 10.6. The largest absolute Gasteiger partial charge is 0.481 e. The lowest BCUT2D eigenvalue weighted by Gasteiger charge is -2.23. The Morgan fingerprint density at radius 2 is 1.75 bits per heavy atom. The minimum Gasteiger partial charge on any atom is -0.481 e. The van der Waals surface area contributed by atoms with Gasteiger partial charge in [-0.15, -0.1) is 0 Å². The van der Waals surface area contributed by atoms with Gasteiger partial charge >= 0.3 is 5.97 Å². The van der Waals surface area contributed by atoms with E-state index < -0.39 is 23.6 Å². The molecular weight excluding hydrogens is 265 g/mol. The van der Waals surface area contributed by atoms with E-state index >= 15 is 0 Å². The summed E-state index contributed by atoms with van der Waals surface area (Å²) in [7, 11) is 0. The van der Waals surface area contributed by atoms with Crippen molar-refractivity contribution in [3.63, 3.8) is 0 Å². The lowest BCUT2D eigenvalue weighted by molar-refractivity contribution is -0.147. The average molecular weight is 279 g/mol. The van der Waals surface area contributed by atoms with Gasteiger partial charge in [-0.1, -0.05) is 0 Å². The molecule has 5 nitrogen and oxygen atoms in total. The second kappa shape index (κ2) is 4.86. The highest BCUT2D eigenvalue weighted by Crippen LogP contribution is 2.44. The zero-order valence-electron chi connectivity index (χ0n) is 10.6. The van der Waals surface area contributed by atoms with Gasteiger partial charge in [0.15, 0.2) is 0 Å². The number of carboxylic acid groups (broad SMARTS) is 1. The predicted octanol–water partition coefficient (Wildman–Crippen LogP) is 1.64. The number of hydrogen-bond acceptors (Lipinski definition) is 3. The molecule has 0 spiro atoms. The average Bonchev–Trinajstić information content (AvgIpc) is 3.01. The molecule has 4 atom stereocenters. The van der Waals surface area contributed by atoms with Crippen LogP contribution in [0.1, 0.15) is 12.8 Å². The lowest BCUT2D eigenvalue weighted by atomic mass is 9.78. The van der Waals surface area contributed by atoms with Crippen molar-refractivity contribution in [2.75, 3.05) is 5.32 Å².